The standard InChI is InChI=1S/C16H18N2O2/c1-18(2)14-9-7-13(8-10-14)17-16(19)12-5-4-6-15(11-12)20-3/h4-11H,1-3H3,(H,17,19). The molecule has 0 spiro atoms. The Labute approximate surface area is 119 Å². The number of ether oxygens (including phenoxy) is 1. The fraction of sp³-hybridized carbons (Fsp3) is 0.188. The molecular weight excluding hydrogens is 252 g/mol. The molecule has 2 rings (SSSR count). The van der Waals surface area contributed by atoms with Gasteiger partial charge in [0.25, 0.3) is 5.91 Å². The zero-order valence-electron chi connectivity index (χ0n) is 11.9. The van der Waals surface area contributed by atoms with E-state index >= 15 is 0 Å². The molecule has 20 heavy (non-hydrogen) atoms. The van der Waals surface area contributed by atoms with Crippen LogP contribution in [0.25, 0.3) is 0 Å². The fourth-order valence-electron chi connectivity index (χ4n) is 1.81. The molecule has 1 amide bonds. The molecule has 0 aliphatic rings. The molecule has 0 saturated carbocycles. The van der Waals surface area contributed by atoms with E-state index in [4.69, 9.17) is 4.74 Å². The van der Waals surface area contributed by atoms with Crippen LogP contribution in [-0.4, -0.2) is 27.1 Å². The Morgan fingerprint density at radius 1 is 1.10 bits per heavy atom. The summed E-state index contributed by atoms with van der Waals surface area (Å²) in [7, 11) is 5.53. The molecule has 4 nitrogen and oxygen atoms in total. The van der Waals surface area contributed by atoms with Crippen molar-refractivity contribution in [3.63, 3.8) is 0 Å². The molecule has 0 unspecified atom stereocenters. The van der Waals surface area contributed by atoms with Gasteiger partial charge >= 0.3 is 0 Å². The van der Waals surface area contributed by atoms with Crippen LogP contribution in [0.5, 0.6) is 5.75 Å². The van der Waals surface area contributed by atoms with Gasteiger partial charge in [0.2, 0.25) is 0 Å². The van der Waals surface area contributed by atoms with E-state index in [0.717, 1.165) is 11.4 Å². The first-order valence-electron chi connectivity index (χ1n) is 6.33. The van der Waals surface area contributed by atoms with Gasteiger partial charge < -0.3 is 15.0 Å². The number of anilines is 2. The van der Waals surface area contributed by atoms with E-state index in [1.54, 1.807) is 25.3 Å². The lowest BCUT2D eigenvalue weighted by atomic mass is 10.2. The average molecular weight is 270 g/mol. The highest BCUT2D eigenvalue weighted by Gasteiger charge is 2.07. The van der Waals surface area contributed by atoms with Crippen LogP contribution in [0.3, 0.4) is 0 Å². The molecule has 4 heteroatoms. The normalized spacial score (nSPS) is 9.95. The summed E-state index contributed by atoms with van der Waals surface area (Å²) in [6.45, 7) is 0. The Morgan fingerprint density at radius 3 is 2.40 bits per heavy atom. The average Bonchev–Trinajstić information content (AvgIpc) is 2.47. The van der Waals surface area contributed by atoms with Gasteiger partial charge in [-0.1, -0.05) is 6.07 Å². The third-order valence-electron chi connectivity index (χ3n) is 2.97. The Morgan fingerprint density at radius 2 is 1.80 bits per heavy atom. The molecule has 0 heterocycles. The van der Waals surface area contributed by atoms with Crippen molar-refractivity contribution in [2.75, 3.05) is 31.4 Å². The SMILES string of the molecule is COc1cccc(C(=O)Nc2ccc(N(C)C)cc2)c1. The number of nitrogens with one attached hydrogen (secondary N) is 1. The van der Waals surface area contributed by atoms with E-state index in [1.165, 1.54) is 0 Å². The molecule has 0 aliphatic carbocycles. The van der Waals surface area contributed by atoms with Crippen LogP contribution in [0.4, 0.5) is 11.4 Å². The van der Waals surface area contributed by atoms with Gasteiger partial charge in [-0.15, -0.1) is 0 Å². The second-order valence-electron chi connectivity index (χ2n) is 4.63. The lowest BCUT2D eigenvalue weighted by Gasteiger charge is -2.13. The van der Waals surface area contributed by atoms with Crippen molar-refractivity contribution in [3.05, 3.63) is 54.1 Å². The third-order valence-corrected chi connectivity index (χ3v) is 2.97. The molecule has 0 bridgehead atoms. The van der Waals surface area contributed by atoms with Gasteiger partial charge in [0, 0.05) is 31.0 Å². The number of hydrogen-bond acceptors (Lipinski definition) is 3. The number of amides is 1. The summed E-state index contributed by atoms with van der Waals surface area (Å²) in [6.07, 6.45) is 0. The molecule has 0 aromatic heterocycles. The zero-order chi connectivity index (χ0) is 14.5. The minimum Gasteiger partial charge on any atom is -0.497 e. The van der Waals surface area contributed by atoms with Crippen LogP contribution in [0, 0.1) is 0 Å². The molecule has 2 aromatic carbocycles. The number of methoxy groups -OCH3 is 1. The van der Waals surface area contributed by atoms with E-state index in [1.807, 2.05) is 49.3 Å². The summed E-state index contributed by atoms with van der Waals surface area (Å²) < 4.78 is 5.11. The van der Waals surface area contributed by atoms with Gasteiger partial charge in [-0.3, -0.25) is 4.79 Å². The van der Waals surface area contributed by atoms with Crippen molar-refractivity contribution in [3.8, 4) is 5.75 Å². The highest BCUT2D eigenvalue weighted by molar-refractivity contribution is 6.04. The maximum atomic E-state index is 12.1. The summed E-state index contributed by atoms with van der Waals surface area (Å²) in [6, 6.07) is 14.8. The van der Waals surface area contributed by atoms with E-state index in [-0.39, 0.29) is 5.91 Å². The summed E-state index contributed by atoms with van der Waals surface area (Å²) in [5, 5.41) is 2.86. The highest BCUT2D eigenvalue weighted by atomic mass is 16.5. The second kappa shape index (κ2) is 6.10. The first-order chi connectivity index (χ1) is 9.60. The van der Waals surface area contributed by atoms with Gasteiger partial charge in [-0.25, -0.2) is 0 Å². The van der Waals surface area contributed by atoms with Crippen molar-refractivity contribution in [2.45, 2.75) is 0 Å². The number of hydrogen-bond donors (Lipinski definition) is 1. The Kier molecular flexibility index (Phi) is 4.25. The summed E-state index contributed by atoms with van der Waals surface area (Å²) in [4.78, 5) is 14.1. The van der Waals surface area contributed by atoms with Crippen LogP contribution in [-0.2, 0) is 0 Å². The van der Waals surface area contributed by atoms with Crippen LogP contribution in [0.1, 0.15) is 10.4 Å². The van der Waals surface area contributed by atoms with Crippen molar-refractivity contribution < 1.29 is 9.53 Å². The van der Waals surface area contributed by atoms with E-state index in [9.17, 15) is 4.79 Å². The molecular formula is C16H18N2O2. The van der Waals surface area contributed by atoms with E-state index in [0.29, 0.717) is 11.3 Å². The van der Waals surface area contributed by atoms with Crippen molar-refractivity contribution in [2.24, 2.45) is 0 Å². The van der Waals surface area contributed by atoms with Crippen LogP contribution in [0.2, 0.25) is 0 Å². The Hall–Kier alpha value is -2.49. The van der Waals surface area contributed by atoms with E-state index in [2.05, 4.69) is 5.32 Å². The maximum Gasteiger partial charge on any atom is 0.255 e. The van der Waals surface area contributed by atoms with Gasteiger partial charge in [-0.2, -0.15) is 0 Å². The summed E-state index contributed by atoms with van der Waals surface area (Å²) >= 11 is 0. The Balaban J connectivity index is 2.10. The van der Waals surface area contributed by atoms with Crippen LogP contribution in [0.15, 0.2) is 48.5 Å². The monoisotopic (exact) mass is 270 g/mol. The highest BCUT2D eigenvalue weighted by Crippen LogP contribution is 2.18. The number of carbonyl (C=O) groups is 1. The third kappa shape index (κ3) is 3.29. The van der Waals surface area contributed by atoms with E-state index < -0.39 is 0 Å². The predicted molar refractivity (Wildman–Crippen MR) is 81.7 cm³/mol. The molecule has 0 atom stereocenters. The molecule has 0 fully saturated rings. The number of carbonyl (C=O) groups excluding carboxylic acids is 1. The first kappa shape index (κ1) is 13.9. The zero-order valence-corrected chi connectivity index (χ0v) is 11.9. The minimum absolute atomic E-state index is 0.151. The molecule has 2 aromatic rings. The second-order valence-corrected chi connectivity index (χ2v) is 4.63. The van der Waals surface area contributed by atoms with Crippen molar-refractivity contribution >= 4 is 17.3 Å². The number of benzene rings is 2. The molecule has 0 aliphatic heterocycles. The number of nitrogens with zero attached hydrogens (tertiary/aromatic N) is 1. The van der Waals surface area contributed by atoms with Crippen molar-refractivity contribution in [1.82, 2.24) is 0 Å². The van der Waals surface area contributed by atoms with Crippen molar-refractivity contribution in [1.29, 1.82) is 0 Å². The lowest BCUT2D eigenvalue weighted by Crippen LogP contribution is -2.12. The minimum atomic E-state index is -0.151. The maximum absolute atomic E-state index is 12.1. The predicted octanol–water partition coefficient (Wildman–Crippen LogP) is 3.01. The van der Waals surface area contributed by atoms with Crippen LogP contribution >= 0.6 is 0 Å². The van der Waals surface area contributed by atoms with Crippen LogP contribution < -0.4 is 15.0 Å². The Bertz CT molecular complexity index is 592. The lowest BCUT2D eigenvalue weighted by molar-refractivity contribution is 0.102. The van der Waals surface area contributed by atoms with Gasteiger partial charge in [0.05, 0.1) is 7.11 Å². The van der Waals surface area contributed by atoms with Gasteiger partial charge in [-0.05, 0) is 42.5 Å². The number of rotatable bonds is 4. The fourth-order valence-corrected chi connectivity index (χ4v) is 1.81. The van der Waals surface area contributed by atoms with Gasteiger partial charge in [0.1, 0.15) is 5.75 Å². The smallest absolute Gasteiger partial charge is 0.255 e. The topological polar surface area (TPSA) is 41.6 Å². The molecule has 0 saturated heterocycles. The molecule has 0 radical (unpaired) electrons. The largest absolute Gasteiger partial charge is 0.497 e. The molecule has 1 N–H and O–H groups in total. The summed E-state index contributed by atoms with van der Waals surface area (Å²) in [5.41, 5.74) is 2.42. The summed E-state index contributed by atoms with van der Waals surface area (Å²) in [5.74, 6) is 0.516. The van der Waals surface area contributed by atoms with Gasteiger partial charge in [0.15, 0.2) is 0 Å². The molecule has 104 valence electrons. The first-order valence-corrected chi connectivity index (χ1v) is 6.33. The quantitative estimate of drug-likeness (QED) is 0.928.